The van der Waals surface area contributed by atoms with Gasteiger partial charge in [-0.3, -0.25) is 4.90 Å². The lowest BCUT2D eigenvalue weighted by atomic mass is 10.2. The summed E-state index contributed by atoms with van der Waals surface area (Å²) in [6.45, 7) is 4.37. The molecule has 7 heteroatoms. The van der Waals surface area contributed by atoms with Gasteiger partial charge in [-0.2, -0.15) is 0 Å². The fourth-order valence-electron chi connectivity index (χ4n) is 3.32. The highest BCUT2D eigenvalue weighted by atomic mass is 32.1. The third-order valence-electron chi connectivity index (χ3n) is 5.00. The summed E-state index contributed by atoms with van der Waals surface area (Å²) in [5, 5.41) is 6.03. The van der Waals surface area contributed by atoms with Gasteiger partial charge in [0.25, 0.3) is 0 Å². The summed E-state index contributed by atoms with van der Waals surface area (Å²) in [6.07, 6.45) is 0. The van der Waals surface area contributed by atoms with Gasteiger partial charge in [-0.1, -0.05) is 30.3 Å². The first-order valence-corrected chi connectivity index (χ1v) is 10.5. The molecule has 1 aromatic heterocycles. The molecular formula is C22H23FN4OS. The Morgan fingerprint density at radius 3 is 2.48 bits per heavy atom. The number of halogens is 1. The number of piperazine rings is 1. The Labute approximate surface area is 173 Å². The van der Waals surface area contributed by atoms with E-state index in [1.165, 1.54) is 12.1 Å². The third-order valence-corrected chi connectivity index (χ3v) is 5.83. The Kier molecular flexibility index (Phi) is 6.17. The minimum absolute atomic E-state index is 0.0126. The topological polar surface area (TPSA) is 48.5 Å². The van der Waals surface area contributed by atoms with E-state index in [4.69, 9.17) is 0 Å². The van der Waals surface area contributed by atoms with Crippen molar-refractivity contribution in [2.45, 2.75) is 13.1 Å². The molecule has 1 N–H and O–H groups in total. The number of carbonyl (C=O) groups excluding carboxylic acids is 1. The maximum atomic E-state index is 13.1. The fourth-order valence-corrected chi connectivity index (χ4v) is 4.17. The molecule has 1 saturated heterocycles. The van der Waals surface area contributed by atoms with Gasteiger partial charge in [0.15, 0.2) is 0 Å². The molecule has 150 valence electrons. The number of rotatable bonds is 5. The second-order valence-electron chi connectivity index (χ2n) is 7.04. The predicted molar refractivity (Wildman–Crippen MR) is 113 cm³/mol. The number of thiazole rings is 1. The van der Waals surface area contributed by atoms with Crippen molar-refractivity contribution >= 4 is 17.4 Å². The SMILES string of the molecule is O=C(NCc1ccccc1)N1CCN(Cc2nc(-c3ccc(F)cc3)cs2)CC1. The fraction of sp³-hybridized carbons (Fsp3) is 0.273. The van der Waals surface area contributed by atoms with Gasteiger partial charge in [0, 0.05) is 43.7 Å². The van der Waals surface area contributed by atoms with E-state index < -0.39 is 0 Å². The minimum Gasteiger partial charge on any atom is -0.334 e. The Balaban J connectivity index is 1.25. The van der Waals surface area contributed by atoms with Gasteiger partial charge < -0.3 is 10.2 Å². The van der Waals surface area contributed by atoms with Gasteiger partial charge in [0.2, 0.25) is 0 Å². The molecule has 5 nitrogen and oxygen atoms in total. The summed E-state index contributed by atoms with van der Waals surface area (Å²) >= 11 is 1.62. The molecule has 0 atom stereocenters. The first-order valence-electron chi connectivity index (χ1n) is 9.67. The van der Waals surface area contributed by atoms with Gasteiger partial charge in [0.1, 0.15) is 10.8 Å². The van der Waals surface area contributed by atoms with Crippen LogP contribution >= 0.6 is 11.3 Å². The predicted octanol–water partition coefficient (Wildman–Crippen LogP) is 3.98. The lowest BCUT2D eigenvalue weighted by Crippen LogP contribution is -2.51. The molecule has 0 spiro atoms. The van der Waals surface area contributed by atoms with Crippen molar-refractivity contribution in [1.82, 2.24) is 20.1 Å². The second-order valence-corrected chi connectivity index (χ2v) is 7.98. The first kappa shape index (κ1) is 19.5. The second kappa shape index (κ2) is 9.15. The van der Waals surface area contributed by atoms with Crippen LogP contribution in [0.25, 0.3) is 11.3 Å². The zero-order valence-corrected chi connectivity index (χ0v) is 16.9. The van der Waals surface area contributed by atoms with Crippen molar-refractivity contribution in [2.24, 2.45) is 0 Å². The van der Waals surface area contributed by atoms with E-state index in [9.17, 15) is 9.18 Å². The zero-order chi connectivity index (χ0) is 20.1. The maximum Gasteiger partial charge on any atom is 0.317 e. The van der Waals surface area contributed by atoms with Crippen LogP contribution in [-0.2, 0) is 13.1 Å². The molecule has 29 heavy (non-hydrogen) atoms. The third kappa shape index (κ3) is 5.19. The molecule has 0 radical (unpaired) electrons. The zero-order valence-electron chi connectivity index (χ0n) is 16.1. The van der Waals surface area contributed by atoms with Gasteiger partial charge in [0.05, 0.1) is 12.2 Å². The lowest BCUT2D eigenvalue weighted by Gasteiger charge is -2.34. The first-order chi connectivity index (χ1) is 14.2. The Morgan fingerprint density at radius 2 is 1.76 bits per heavy atom. The normalized spacial score (nSPS) is 14.7. The molecule has 1 aliphatic heterocycles. The van der Waals surface area contributed by atoms with Crippen LogP contribution in [-0.4, -0.2) is 47.0 Å². The number of aromatic nitrogens is 1. The quantitative estimate of drug-likeness (QED) is 0.692. The Morgan fingerprint density at radius 1 is 1.03 bits per heavy atom. The van der Waals surface area contributed by atoms with Crippen LogP contribution in [0, 0.1) is 5.82 Å². The van der Waals surface area contributed by atoms with Gasteiger partial charge >= 0.3 is 6.03 Å². The summed E-state index contributed by atoms with van der Waals surface area (Å²) in [7, 11) is 0. The van der Waals surface area contributed by atoms with Crippen LogP contribution < -0.4 is 5.32 Å². The maximum absolute atomic E-state index is 13.1. The van der Waals surface area contributed by atoms with Crippen LogP contribution in [0.1, 0.15) is 10.6 Å². The molecule has 4 rings (SSSR count). The Hall–Kier alpha value is -2.77. The number of hydrogen-bond donors (Lipinski definition) is 1. The highest BCUT2D eigenvalue weighted by Crippen LogP contribution is 2.23. The van der Waals surface area contributed by atoms with E-state index in [0.717, 1.165) is 41.5 Å². The monoisotopic (exact) mass is 410 g/mol. The van der Waals surface area contributed by atoms with Crippen molar-refractivity contribution in [2.75, 3.05) is 26.2 Å². The van der Waals surface area contributed by atoms with Gasteiger partial charge in [-0.25, -0.2) is 14.2 Å². The van der Waals surface area contributed by atoms with Crippen molar-refractivity contribution in [3.63, 3.8) is 0 Å². The standard InChI is InChI=1S/C22H23FN4OS/c23-19-8-6-18(7-9-19)20-16-29-21(25-20)15-26-10-12-27(13-11-26)22(28)24-14-17-4-2-1-3-5-17/h1-9,16H,10-15H2,(H,24,28). The molecule has 0 bridgehead atoms. The summed E-state index contributed by atoms with van der Waals surface area (Å²) in [5.74, 6) is -0.241. The highest BCUT2D eigenvalue weighted by molar-refractivity contribution is 7.09. The molecule has 0 saturated carbocycles. The molecule has 2 aromatic carbocycles. The van der Waals surface area contributed by atoms with Crippen LogP contribution in [0.15, 0.2) is 60.0 Å². The van der Waals surface area contributed by atoms with E-state index in [1.54, 1.807) is 23.5 Å². The number of nitrogens with zero attached hydrogens (tertiary/aromatic N) is 3. The van der Waals surface area contributed by atoms with E-state index in [1.807, 2.05) is 40.6 Å². The number of benzene rings is 2. The van der Waals surface area contributed by atoms with Crippen molar-refractivity contribution in [3.8, 4) is 11.3 Å². The lowest BCUT2D eigenvalue weighted by molar-refractivity contribution is 0.135. The number of urea groups is 1. The molecule has 2 amide bonds. The average molecular weight is 411 g/mol. The van der Waals surface area contributed by atoms with Crippen LogP contribution in [0.4, 0.5) is 9.18 Å². The van der Waals surface area contributed by atoms with Crippen LogP contribution in [0.3, 0.4) is 0 Å². The van der Waals surface area contributed by atoms with Crippen LogP contribution in [0.5, 0.6) is 0 Å². The molecular weight excluding hydrogens is 387 g/mol. The van der Waals surface area contributed by atoms with E-state index in [0.29, 0.717) is 19.6 Å². The number of nitrogens with one attached hydrogen (secondary N) is 1. The number of hydrogen-bond acceptors (Lipinski definition) is 4. The molecule has 1 aliphatic rings. The molecule has 3 aromatic rings. The Bertz CT molecular complexity index is 937. The molecule has 2 heterocycles. The summed E-state index contributed by atoms with van der Waals surface area (Å²) in [5.41, 5.74) is 2.90. The summed E-state index contributed by atoms with van der Waals surface area (Å²) in [4.78, 5) is 21.2. The van der Waals surface area contributed by atoms with E-state index >= 15 is 0 Å². The van der Waals surface area contributed by atoms with Crippen molar-refractivity contribution in [3.05, 3.63) is 76.4 Å². The smallest absolute Gasteiger partial charge is 0.317 e. The molecule has 1 fully saturated rings. The summed E-state index contributed by atoms with van der Waals surface area (Å²) in [6, 6.07) is 16.3. The van der Waals surface area contributed by atoms with E-state index in [-0.39, 0.29) is 11.8 Å². The molecule has 0 unspecified atom stereocenters. The average Bonchev–Trinajstić information content (AvgIpc) is 3.22. The largest absolute Gasteiger partial charge is 0.334 e. The molecule has 0 aliphatic carbocycles. The minimum atomic E-state index is -0.241. The van der Waals surface area contributed by atoms with E-state index in [2.05, 4.69) is 15.2 Å². The number of carbonyl (C=O) groups is 1. The van der Waals surface area contributed by atoms with Gasteiger partial charge in [-0.05, 0) is 29.8 Å². The van der Waals surface area contributed by atoms with Gasteiger partial charge in [-0.15, -0.1) is 11.3 Å². The summed E-state index contributed by atoms with van der Waals surface area (Å²) < 4.78 is 13.1. The van der Waals surface area contributed by atoms with Crippen molar-refractivity contribution in [1.29, 1.82) is 0 Å². The number of amides is 2. The van der Waals surface area contributed by atoms with Crippen LogP contribution in [0.2, 0.25) is 0 Å². The highest BCUT2D eigenvalue weighted by Gasteiger charge is 2.21. The van der Waals surface area contributed by atoms with Crippen molar-refractivity contribution < 1.29 is 9.18 Å².